The van der Waals surface area contributed by atoms with Gasteiger partial charge in [0.2, 0.25) is 0 Å². The number of carbonyl (C=O) groups is 2. The molecule has 3 aliphatic rings. The van der Waals surface area contributed by atoms with Crippen LogP contribution in [0.15, 0.2) is 97.3 Å². The fourth-order valence-electron chi connectivity index (χ4n) is 7.09. The van der Waals surface area contributed by atoms with E-state index < -0.39 is 10.8 Å². The van der Waals surface area contributed by atoms with Gasteiger partial charge in [-0.05, 0) is 97.5 Å². The maximum Gasteiger partial charge on any atom is 0.317 e. The van der Waals surface area contributed by atoms with Gasteiger partial charge in [0, 0.05) is 46.5 Å². The van der Waals surface area contributed by atoms with E-state index in [0.717, 1.165) is 22.3 Å². The van der Waals surface area contributed by atoms with Gasteiger partial charge in [0.05, 0.1) is 25.6 Å². The molecule has 3 aliphatic carbocycles. The van der Waals surface area contributed by atoms with Crippen molar-refractivity contribution in [3.63, 3.8) is 0 Å². The Bertz CT molecular complexity index is 2090. The van der Waals surface area contributed by atoms with Gasteiger partial charge in [-0.2, -0.15) is 0 Å². The topological polar surface area (TPSA) is 78.4 Å². The molecule has 0 radical (unpaired) electrons. The van der Waals surface area contributed by atoms with Crippen LogP contribution in [-0.2, 0) is 29.9 Å². The summed E-state index contributed by atoms with van der Waals surface area (Å²) in [7, 11) is 2.76. The van der Waals surface area contributed by atoms with E-state index in [0.29, 0.717) is 11.4 Å². The van der Waals surface area contributed by atoms with Crippen LogP contribution in [0, 0.1) is 23.7 Å². The molecule has 3 aromatic carbocycles. The number of hydrogen-bond donors (Lipinski definition) is 0. The molecule has 2 aromatic heterocycles. The van der Waals surface area contributed by atoms with Crippen LogP contribution in [-0.4, -0.2) is 36.1 Å². The van der Waals surface area contributed by atoms with Crippen LogP contribution in [0.4, 0.5) is 0 Å². The Morgan fingerprint density at radius 2 is 0.900 bits per heavy atom. The highest BCUT2D eigenvalue weighted by atomic mass is 16.5. The molecule has 6 nitrogen and oxygen atoms in total. The smallest absolute Gasteiger partial charge is 0.317 e. The number of nitrogens with zero attached hydrogens (tertiary/aromatic N) is 2. The molecule has 6 heteroatoms. The first-order chi connectivity index (χ1) is 24.0. The Balaban J connectivity index is 1.32. The van der Waals surface area contributed by atoms with Crippen molar-refractivity contribution >= 4 is 11.9 Å². The Hall–Kier alpha value is -5.98. The van der Waals surface area contributed by atoms with E-state index in [1.807, 2.05) is 24.3 Å². The van der Waals surface area contributed by atoms with Crippen LogP contribution < -0.4 is 0 Å². The molecular formula is C44H36N2O4. The molecule has 0 amide bonds. The van der Waals surface area contributed by atoms with E-state index >= 15 is 0 Å². The minimum atomic E-state index is -0.879. The lowest BCUT2D eigenvalue weighted by molar-refractivity contribution is -0.147. The summed E-state index contributed by atoms with van der Waals surface area (Å²) >= 11 is 0. The van der Waals surface area contributed by atoms with Gasteiger partial charge >= 0.3 is 11.9 Å². The lowest BCUT2D eigenvalue weighted by atomic mass is 9.60. The number of rotatable bonds is 4. The van der Waals surface area contributed by atoms with Crippen molar-refractivity contribution in [2.24, 2.45) is 0 Å². The summed E-state index contributed by atoms with van der Waals surface area (Å²) in [5.41, 5.74) is 10.3. The predicted molar refractivity (Wildman–Crippen MR) is 192 cm³/mol. The summed E-state index contributed by atoms with van der Waals surface area (Å²) in [5, 5.41) is 0. The van der Waals surface area contributed by atoms with Crippen LogP contribution in [0.3, 0.4) is 0 Å². The molecule has 5 aromatic rings. The van der Waals surface area contributed by atoms with Crippen LogP contribution in [0.1, 0.15) is 107 Å². The predicted octanol–water partition coefficient (Wildman–Crippen LogP) is 7.16. The van der Waals surface area contributed by atoms with E-state index in [2.05, 4.69) is 94.3 Å². The van der Waals surface area contributed by atoms with Crippen molar-refractivity contribution < 1.29 is 19.1 Å². The Kier molecular flexibility index (Phi) is 8.13. The molecule has 246 valence electrons. The number of ether oxygens (including phenoxy) is 2. The summed E-state index contributed by atoms with van der Waals surface area (Å²) in [6.45, 7) is 7.16. The average molecular weight is 657 g/mol. The summed E-state index contributed by atoms with van der Waals surface area (Å²) in [5.74, 6) is 12.9. The molecule has 0 spiro atoms. The van der Waals surface area contributed by atoms with E-state index in [-0.39, 0.29) is 23.8 Å². The largest absolute Gasteiger partial charge is 0.468 e. The number of aromatic nitrogens is 2. The normalized spacial score (nSPS) is 15.2. The molecule has 0 atom stereocenters. The van der Waals surface area contributed by atoms with Crippen molar-refractivity contribution in [2.45, 2.75) is 50.4 Å². The molecule has 0 fully saturated rings. The second-order valence-electron chi connectivity index (χ2n) is 13.7. The highest BCUT2D eigenvalue weighted by Gasteiger charge is 2.41. The molecule has 50 heavy (non-hydrogen) atoms. The molecule has 2 heterocycles. The molecule has 0 aliphatic heterocycles. The van der Waals surface area contributed by atoms with Crippen LogP contribution in [0.2, 0.25) is 0 Å². The van der Waals surface area contributed by atoms with Crippen molar-refractivity contribution in [1.29, 1.82) is 0 Å². The minimum absolute atomic E-state index is 0.0985. The number of pyridine rings is 2. The third-order valence-corrected chi connectivity index (χ3v) is 9.96. The van der Waals surface area contributed by atoms with Crippen molar-refractivity contribution in [2.75, 3.05) is 14.2 Å². The molecule has 0 saturated heterocycles. The monoisotopic (exact) mass is 656 g/mol. The minimum Gasteiger partial charge on any atom is -0.468 e. The second-order valence-corrected chi connectivity index (χ2v) is 13.7. The summed E-state index contributed by atoms with van der Waals surface area (Å²) < 4.78 is 9.95. The molecular weight excluding hydrogens is 620 g/mol. The van der Waals surface area contributed by atoms with E-state index in [4.69, 9.17) is 9.47 Å². The zero-order valence-corrected chi connectivity index (χ0v) is 28.9. The summed E-state index contributed by atoms with van der Waals surface area (Å²) in [6.07, 6.45) is 3.38. The molecule has 0 saturated carbocycles. The van der Waals surface area contributed by atoms with Crippen molar-refractivity contribution in [3.8, 4) is 23.7 Å². The highest BCUT2D eigenvalue weighted by Crippen LogP contribution is 2.55. The Morgan fingerprint density at radius 1 is 0.540 bits per heavy atom. The maximum absolute atomic E-state index is 12.3. The fraction of sp³-hybridized carbons (Fsp3) is 0.227. The first-order valence-electron chi connectivity index (χ1n) is 16.5. The molecule has 2 bridgehead atoms. The van der Waals surface area contributed by atoms with E-state index in [9.17, 15) is 9.59 Å². The number of hydrogen-bond acceptors (Lipinski definition) is 6. The van der Waals surface area contributed by atoms with Crippen LogP contribution >= 0.6 is 0 Å². The lowest BCUT2D eigenvalue weighted by Crippen LogP contribution is -2.31. The van der Waals surface area contributed by atoms with Gasteiger partial charge in [-0.1, -0.05) is 72.2 Å². The zero-order valence-electron chi connectivity index (χ0n) is 28.9. The number of esters is 2. The molecule has 8 rings (SSSR count). The quantitative estimate of drug-likeness (QED) is 0.148. The molecule has 0 unspecified atom stereocenters. The average Bonchev–Trinajstić information content (AvgIpc) is 3.15. The summed E-state index contributed by atoms with van der Waals surface area (Å²) in [4.78, 5) is 33.8. The molecule has 0 N–H and O–H groups in total. The van der Waals surface area contributed by atoms with Gasteiger partial charge in [-0.15, -0.1) is 0 Å². The standard InChI is InChI=1S/C44H36N2O4/c1-43(2,41(47)49-5)37-21-17-27(25-45-37)15-19-29-23-35-36(40-33-13-9-7-11-31(33)39(35)32-12-8-10-14-34(32)40)24-30(29)20-16-28-18-22-38(46-26-28)44(3,4)42(48)50-6/h7-14,17-18,21-26,39-40H,1-6H3. The second kappa shape index (κ2) is 12.5. The van der Waals surface area contributed by atoms with E-state index in [1.54, 1.807) is 40.1 Å². The number of methoxy groups -OCH3 is 2. The van der Waals surface area contributed by atoms with Gasteiger partial charge in [0.25, 0.3) is 0 Å². The maximum atomic E-state index is 12.3. The summed E-state index contributed by atoms with van der Waals surface area (Å²) in [6, 6.07) is 29.2. The van der Waals surface area contributed by atoms with Gasteiger partial charge in [-0.3, -0.25) is 19.6 Å². The third kappa shape index (κ3) is 5.44. The SMILES string of the molecule is COC(=O)C(C)(C)c1ccc(C#Cc2cc3c(cc2C#Cc2ccc(C(C)(C)C(=O)OC)nc2)C2c4ccccc4C3c3ccccc32)cn1. The lowest BCUT2D eigenvalue weighted by Gasteiger charge is -2.42. The number of carbonyl (C=O) groups excluding carboxylic acids is 2. The van der Waals surface area contributed by atoms with Gasteiger partial charge in [-0.25, -0.2) is 0 Å². The van der Waals surface area contributed by atoms with Gasteiger partial charge < -0.3 is 9.47 Å². The Morgan fingerprint density at radius 3 is 1.20 bits per heavy atom. The first kappa shape index (κ1) is 32.6. The van der Waals surface area contributed by atoms with Crippen LogP contribution in [0.5, 0.6) is 0 Å². The van der Waals surface area contributed by atoms with Crippen LogP contribution in [0.25, 0.3) is 0 Å². The van der Waals surface area contributed by atoms with E-state index in [1.165, 1.54) is 47.6 Å². The van der Waals surface area contributed by atoms with Crippen molar-refractivity contribution in [1.82, 2.24) is 9.97 Å². The first-order valence-corrected chi connectivity index (χ1v) is 16.5. The number of benzene rings is 3. The zero-order chi connectivity index (χ0) is 35.2. The fourth-order valence-corrected chi connectivity index (χ4v) is 7.09. The van der Waals surface area contributed by atoms with Gasteiger partial charge in [0.1, 0.15) is 10.8 Å². The van der Waals surface area contributed by atoms with Gasteiger partial charge in [0.15, 0.2) is 0 Å². The van der Waals surface area contributed by atoms with Crippen molar-refractivity contribution in [3.05, 3.63) is 164 Å². The highest BCUT2D eigenvalue weighted by molar-refractivity contribution is 5.82. The third-order valence-electron chi connectivity index (χ3n) is 9.96. The Labute approximate surface area is 292 Å².